The summed E-state index contributed by atoms with van der Waals surface area (Å²) < 4.78 is 14.7. The molecule has 9 heteroatoms. The van der Waals surface area contributed by atoms with Crippen molar-refractivity contribution in [3.63, 3.8) is 0 Å². The van der Waals surface area contributed by atoms with Gasteiger partial charge in [-0.15, -0.1) is 0 Å². The van der Waals surface area contributed by atoms with Crippen molar-refractivity contribution in [2.45, 2.75) is 25.7 Å². The van der Waals surface area contributed by atoms with Crippen LogP contribution >= 0.6 is 0 Å². The average molecular weight is 398 g/mol. The number of aromatic nitrogens is 2. The average Bonchev–Trinajstić information content (AvgIpc) is 2.71. The SMILES string of the molecule is N/C(=N\O)c1ccc2c(=O)n(-c3ccc(F)cc3)c(CCCCC(=O)O)nc2c1. The number of oxime groups is 1. The molecule has 0 aliphatic heterocycles. The number of halogens is 1. The largest absolute Gasteiger partial charge is 0.481 e. The van der Waals surface area contributed by atoms with Crippen LogP contribution in [0.1, 0.15) is 30.7 Å². The Hall–Kier alpha value is -3.75. The zero-order valence-corrected chi connectivity index (χ0v) is 15.4. The van der Waals surface area contributed by atoms with Crippen molar-refractivity contribution < 1.29 is 19.5 Å². The minimum Gasteiger partial charge on any atom is -0.481 e. The summed E-state index contributed by atoms with van der Waals surface area (Å²) in [5.74, 6) is -1.02. The van der Waals surface area contributed by atoms with Gasteiger partial charge < -0.3 is 16.0 Å². The summed E-state index contributed by atoms with van der Waals surface area (Å²) in [5, 5.41) is 21.0. The van der Waals surface area contributed by atoms with E-state index in [1.165, 1.54) is 34.9 Å². The number of aliphatic carboxylic acids is 1. The Morgan fingerprint density at radius 3 is 2.55 bits per heavy atom. The van der Waals surface area contributed by atoms with E-state index in [9.17, 15) is 14.0 Å². The standard InChI is InChI=1S/C20H19FN4O4/c21-13-6-8-14(9-7-13)25-17(3-1-2-4-18(26)27)23-16-11-12(19(22)24-29)5-10-15(16)20(25)28/h5-11,29H,1-4H2,(H2,22,24)(H,26,27). The number of unbranched alkanes of at least 4 members (excludes halogenated alkanes) is 1. The van der Waals surface area contributed by atoms with Gasteiger partial charge in [0.15, 0.2) is 5.84 Å². The molecule has 0 radical (unpaired) electrons. The van der Waals surface area contributed by atoms with Crippen molar-refractivity contribution >= 4 is 22.7 Å². The highest BCUT2D eigenvalue weighted by molar-refractivity contribution is 5.99. The number of hydrogen-bond acceptors (Lipinski definition) is 5. The number of carboxylic acids is 1. The summed E-state index contributed by atoms with van der Waals surface area (Å²) in [5.41, 5.74) is 6.50. The number of amidine groups is 1. The van der Waals surface area contributed by atoms with E-state index in [2.05, 4.69) is 10.1 Å². The first kappa shape index (κ1) is 20.0. The lowest BCUT2D eigenvalue weighted by atomic mass is 10.1. The zero-order chi connectivity index (χ0) is 21.0. The van der Waals surface area contributed by atoms with E-state index in [0.717, 1.165) is 0 Å². The van der Waals surface area contributed by atoms with Crippen molar-refractivity contribution in [3.8, 4) is 5.69 Å². The minimum atomic E-state index is -0.893. The molecule has 0 aliphatic rings. The maximum Gasteiger partial charge on any atom is 0.303 e. The predicted octanol–water partition coefficient (Wildman–Crippen LogP) is 2.42. The molecule has 150 valence electrons. The van der Waals surface area contributed by atoms with Gasteiger partial charge in [0, 0.05) is 18.4 Å². The number of aryl methyl sites for hydroxylation is 1. The van der Waals surface area contributed by atoms with Crippen LogP contribution in [-0.4, -0.2) is 31.7 Å². The molecule has 0 saturated heterocycles. The molecule has 0 saturated carbocycles. The van der Waals surface area contributed by atoms with Crippen molar-refractivity contribution in [2.75, 3.05) is 0 Å². The maximum absolute atomic E-state index is 13.3. The molecule has 29 heavy (non-hydrogen) atoms. The van der Waals surface area contributed by atoms with Gasteiger partial charge >= 0.3 is 5.97 Å². The number of nitrogens with two attached hydrogens (primary N) is 1. The Morgan fingerprint density at radius 1 is 1.17 bits per heavy atom. The molecule has 8 nitrogen and oxygen atoms in total. The number of nitrogens with zero attached hydrogens (tertiary/aromatic N) is 3. The monoisotopic (exact) mass is 398 g/mol. The maximum atomic E-state index is 13.3. The molecule has 0 atom stereocenters. The normalized spacial score (nSPS) is 11.7. The van der Waals surface area contributed by atoms with Gasteiger partial charge in [0.2, 0.25) is 0 Å². The zero-order valence-electron chi connectivity index (χ0n) is 15.4. The number of rotatable bonds is 7. The van der Waals surface area contributed by atoms with E-state index in [1.807, 2.05) is 0 Å². The van der Waals surface area contributed by atoms with Crippen LogP contribution in [0.15, 0.2) is 52.4 Å². The van der Waals surface area contributed by atoms with Gasteiger partial charge in [0.1, 0.15) is 11.6 Å². The summed E-state index contributed by atoms with van der Waals surface area (Å²) in [4.78, 5) is 28.4. The Kier molecular flexibility index (Phi) is 5.87. The van der Waals surface area contributed by atoms with Gasteiger partial charge in [0.05, 0.1) is 16.6 Å². The third-order valence-electron chi connectivity index (χ3n) is 4.47. The molecule has 0 amide bonds. The Bertz CT molecular complexity index is 1140. The molecule has 2 aromatic carbocycles. The fourth-order valence-electron chi connectivity index (χ4n) is 3.03. The Labute approximate surface area is 164 Å². The molecule has 0 aliphatic carbocycles. The predicted molar refractivity (Wildman–Crippen MR) is 105 cm³/mol. The molecule has 0 spiro atoms. The second-order valence-corrected chi connectivity index (χ2v) is 6.46. The summed E-state index contributed by atoms with van der Waals surface area (Å²) in [6.45, 7) is 0. The molecular weight excluding hydrogens is 379 g/mol. The Morgan fingerprint density at radius 2 is 1.90 bits per heavy atom. The van der Waals surface area contributed by atoms with Crippen LogP contribution < -0.4 is 11.3 Å². The van der Waals surface area contributed by atoms with Crippen molar-refractivity contribution in [1.29, 1.82) is 0 Å². The first-order valence-electron chi connectivity index (χ1n) is 8.92. The van der Waals surface area contributed by atoms with Crippen LogP contribution in [0.2, 0.25) is 0 Å². The van der Waals surface area contributed by atoms with Crippen LogP contribution in [0.25, 0.3) is 16.6 Å². The molecule has 4 N–H and O–H groups in total. The van der Waals surface area contributed by atoms with E-state index in [-0.39, 0.29) is 17.8 Å². The smallest absolute Gasteiger partial charge is 0.303 e. The molecule has 3 rings (SSSR count). The second kappa shape index (κ2) is 8.51. The van der Waals surface area contributed by atoms with E-state index in [0.29, 0.717) is 47.2 Å². The van der Waals surface area contributed by atoms with Gasteiger partial charge in [-0.25, -0.2) is 9.37 Å². The third kappa shape index (κ3) is 4.40. The van der Waals surface area contributed by atoms with E-state index < -0.39 is 11.8 Å². The Balaban J connectivity index is 2.13. The fraction of sp³-hybridized carbons (Fsp3) is 0.200. The van der Waals surface area contributed by atoms with Crippen LogP contribution in [0.3, 0.4) is 0 Å². The van der Waals surface area contributed by atoms with Crippen LogP contribution in [0, 0.1) is 5.82 Å². The third-order valence-corrected chi connectivity index (χ3v) is 4.47. The topological polar surface area (TPSA) is 131 Å². The minimum absolute atomic E-state index is 0.0159. The number of carbonyl (C=O) groups is 1. The highest BCUT2D eigenvalue weighted by Crippen LogP contribution is 2.17. The van der Waals surface area contributed by atoms with E-state index in [1.54, 1.807) is 12.1 Å². The lowest BCUT2D eigenvalue weighted by Crippen LogP contribution is -2.24. The van der Waals surface area contributed by atoms with Crippen molar-refractivity contribution in [3.05, 3.63) is 70.0 Å². The molecule has 1 heterocycles. The number of hydrogen-bond donors (Lipinski definition) is 3. The van der Waals surface area contributed by atoms with E-state index >= 15 is 0 Å². The fourth-order valence-corrected chi connectivity index (χ4v) is 3.03. The van der Waals surface area contributed by atoms with Gasteiger partial charge in [-0.3, -0.25) is 14.2 Å². The molecule has 1 aromatic heterocycles. The second-order valence-electron chi connectivity index (χ2n) is 6.46. The van der Waals surface area contributed by atoms with Crippen LogP contribution in [0.5, 0.6) is 0 Å². The van der Waals surface area contributed by atoms with Crippen molar-refractivity contribution in [2.24, 2.45) is 10.9 Å². The quantitative estimate of drug-likeness (QED) is 0.184. The van der Waals surface area contributed by atoms with E-state index in [4.69, 9.17) is 16.0 Å². The van der Waals surface area contributed by atoms with Crippen molar-refractivity contribution in [1.82, 2.24) is 9.55 Å². The molecule has 3 aromatic rings. The molecule has 0 unspecified atom stereocenters. The lowest BCUT2D eigenvalue weighted by molar-refractivity contribution is -0.137. The highest BCUT2D eigenvalue weighted by Gasteiger charge is 2.14. The summed E-state index contributed by atoms with van der Waals surface area (Å²) in [6, 6.07) is 10.1. The molecule has 0 fully saturated rings. The number of fused-ring (bicyclic) bond motifs is 1. The summed E-state index contributed by atoms with van der Waals surface area (Å²) in [7, 11) is 0. The first-order chi connectivity index (χ1) is 13.9. The van der Waals surface area contributed by atoms with Gasteiger partial charge in [-0.1, -0.05) is 11.2 Å². The number of benzene rings is 2. The lowest BCUT2D eigenvalue weighted by Gasteiger charge is -2.14. The highest BCUT2D eigenvalue weighted by atomic mass is 19.1. The van der Waals surface area contributed by atoms with Gasteiger partial charge in [-0.2, -0.15) is 0 Å². The van der Waals surface area contributed by atoms with Gasteiger partial charge in [-0.05, 0) is 49.2 Å². The first-order valence-corrected chi connectivity index (χ1v) is 8.92. The molecule has 0 bridgehead atoms. The number of carboxylic acid groups (broad SMARTS) is 1. The summed E-state index contributed by atoms with van der Waals surface area (Å²) >= 11 is 0. The van der Waals surface area contributed by atoms with Crippen LogP contribution in [-0.2, 0) is 11.2 Å². The van der Waals surface area contributed by atoms with Gasteiger partial charge in [0.25, 0.3) is 5.56 Å². The summed E-state index contributed by atoms with van der Waals surface area (Å²) in [6.07, 6.45) is 1.30. The molecular formula is C20H19FN4O4. The van der Waals surface area contributed by atoms with Crippen LogP contribution in [0.4, 0.5) is 4.39 Å².